The van der Waals surface area contributed by atoms with Gasteiger partial charge in [-0.3, -0.25) is 9.59 Å². The van der Waals surface area contributed by atoms with Crippen molar-refractivity contribution in [2.24, 2.45) is 0 Å². The third kappa shape index (κ3) is 2.43. The Balaban J connectivity index is 2.56. The molecule has 6 heteroatoms. The van der Waals surface area contributed by atoms with Crippen LogP contribution < -0.4 is 0 Å². The van der Waals surface area contributed by atoms with Crippen LogP contribution >= 0.6 is 22.6 Å². The van der Waals surface area contributed by atoms with Crippen LogP contribution in [0.4, 0.5) is 0 Å². The lowest BCUT2D eigenvalue weighted by atomic mass is 10.3. The van der Waals surface area contributed by atoms with Gasteiger partial charge in [0, 0.05) is 6.42 Å². The Bertz CT molecular complexity index is 279. The predicted octanol–water partition coefficient (Wildman–Crippen LogP) is 0.807. The van der Waals surface area contributed by atoms with Crippen molar-refractivity contribution in [2.75, 3.05) is 0 Å². The van der Waals surface area contributed by atoms with Gasteiger partial charge in [0.25, 0.3) is 11.8 Å². The number of rotatable bonds is 3. The molecule has 1 fully saturated rings. The molecule has 0 aliphatic carbocycles. The number of halogens is 1. The summed E-state index contributed by atoms with van der Waals surface area (Å²) in [6.45, 7) is 1.82. The van der Waals surface area contributed by atoms with Crippen molar-refractivity contribution in [1.82, 2.24) is 5.06 Å². The lowest BCUT2D eigenvalue weighted by Gasteiger charge is -2.12. The van der Waals surface area contributed by atoms with Gasteiger partial charge in [-0.05, 0) is 6.42 Å². The van der Waals surface area contributed by atoms with E-state index in [1.807, 2.05) is 29.5 Å². The highest BCUT2D eigenvalue weighted by molar-refractivity contribution is 14.1. The van der Waals surface area contributed by atoms with Gasteiger partial charge in [0.15, 0.2) is 0 Å². The van der Waals surface area contributed by atoms with Crippen molar-refractivity contribution in [3.63, 3.8) is 0 Å². The van der Waals surface area contributed by atoms with E-state index in [-0.39, 0.29) is 12.8 Å². The van der Waals surface area contributed by atoms with Crippen LogP contribution in [0.3, 0.4) is 0 Å². The van der Waals surface area contributed by atoms with Crippen molar-refractivity contribution in [3.8, 4) is 0 Å². The minimum absolute atomic E-state index is 0.110. The number of hydrogen-bond acceptors (Lipinski definition) is 4. The van der Waals surface area contributed by atoms with Crippen molar-refractivity contribution in [2.45, 2.75) is 30.1 Å². The molecule has 0 aromatic heterocycles. The Morgan fingerprint density at radius 1 is 1.64 bits per heavy atom. The summed E-state index contributed by atoms with van der Waals surface area (Å²) in [5, 5.41) is 0.578. The largest absolute Gasteiger partial charge is 0.333 e. The zero-order chi connectivity index (χ0) is 10.7. The minimum atomic E-state index is -0.542. The van der Waals surface area contributed by atoms with E-state index in [0.29, 0.717) is 11.5 Å². The average molecular weight is 311 g/mol. The van der Waals surface area contributed by atoms with Crippen molar-refractivity contribution in [1.29, 1.82) is 0 Å². The van der Waals surface area contributed by atoms with Crippen molar-refractivity contribution >= 4 is 40.4 Å². The number of alkyl halides is 1. The van der Waals surface area contributed by atoms with Crippen LogP contribution in [-0.2, 0) is 19.2 Å². The molecule has 1 unspecified atom stereocenters. The van der Waals surface area contributed by atoms with Gasteiger partial charge < -0.3 is 4.84 Å². The Morgan fingerprint density at radius 2 is 2.29 bits per heavy atom. The maximum Gasteiger partial charge on any atom is 0.333 e. The summed E-state index contributed by atoms with van der Waals surface area (Å²) >= 11 is 1.85. The van der Waals surface area contributed by atoms with Crippen LogP contribution in [0.15, 0.2) is 0 Å². The highest BCUT2D eigenvalue weighted by Gasteiger charge is 2.39. The smallest absolute Gasteiger partial charge is 0.330 e. The second-order valence-electron chi connectivity index (χ2n) is 2.91. The van der Waals surface area contributed by atoms with Crippen LogP contribution in [0.2, 0.25) is 0 Å². The first-order chi connectivity index (χ1) is 6.56. The molecule has 2 amide bonds. The molecule has 0 aromatic carbocycles. The molecule has 1 saturated heterocycles. The number of carbonyl (C=O) groups excluding carboxylic acids is 3. The minimum Gasteiger partial charge on any atom is -0.330 e. The van der Waals surface area contributed by atoms with Crippen molar-refractivity contribution < 1.29 is 19.2 Å². The fourth-order valence-electron chi connectivity index (χ4n) is 1.02. The molecule has 1 heterocycles. The Hall–Kier alpha value is -0.660. The van der Waals surface area contributed by atoms with Crippen LogP contribution in [0.5, 0.6) is 0 Å². The van der Waals surface area contributed by atoms with E-state index >= 15 is 0 Å². The van der Waals surface area contributed by atoms with Crippen LogP contribution in [-0.4, -0.2) is 26.8 Å². The number of amides is 2. The standard InChI is InChI=1S/C8H10INO4/c1-2-3-7(12)14-10-6(11)4-5(9)8(10)13/h5H,2-4H2,1H3. The normalized spacial score (nSPS) is 21.6. The molecule has 0 radical (unpaired) electrons. The summed E-state index contributed by atoms with van der Waals surface area (Å²) in [4.78, 5) is 38.1. The van der Waals surface area contributed by atoms with Crippen LogP contribution in [0.1, 0.15) is 26.2 Å². The SMILES string of the molecule is CCCC(=O)ON1C(=O)CC(I)C1=O. The first-order valence-electron chi connectivity index (χ1n) is 4.28. The molecule has 0 bridgehead atoms. The van der Waals surface area contributed by atoms with Gasteiger partial charge in [0.1, 0.15) is 3.92 Å². The quantitative estimate of drug-likeness (QED) is 0.439. The highest BCUT2D eigenvalue weighted by atomic mass is 127. The Kier molecular flexibility index (Phi) is 3.85. The van der Waals surface area contributed by atoms with Crippen molar-refractivity contribution in [3.05, 3.63) is 0 Å². The summed E-state index contributed by atoms with van der Waals surface area (Å²) in [6.07, 6.45) is 0.949. The van der Waals surface area contributed by atoms with E-state index in [1.165, 1.54) is 0 Å². The zero-order valence-electron chi connectivity index (χ0n) is 7.66. The third-order valence-corrected chi connectivity index (χ3v) is 2.67. The molecule has 0 N–H and O–H groups in total. The summed E-state index contributed by atoms with van der Waals surface area (Å²) in [5.41, 5.74) is 0. The fourth-order valence-corrected chi connectivity index (χ4v) is 1.65. The average Bonchev–Trinajstić information content (AvgIpc) is 2.33. The van der Waals surface area contributed by atoms with Gasteiger partial charge in [0.2, 0.25) is 0 Å². The Morgan fingerprint density at radius 3 is 2.71 bits per heavy atom. The summed E-state index contributed by atoms with van der Waals surface area (Å²) in [6, 6.07) is 0. The van der Waals surface area contributed by atoms with Gasteiger partial charge >= 0.3 is 5.97 Å². The molecule has 14 heavy (non-hydrogen) atoms. The molecule has 78 valence electrons. The molecule has 1 rings (SSSR count). The maximum atomic E-state index is 11.3. The van der Waals surface area contributed by atoms with E-state index in [4.69, 9.17) is 0 Å². The highest BCUT2D eigenvalue weighted by Crippen LogP contribution is 2.20. The molecule has 0 saturated carbocycles. The monoisotopic (exact) mass is 311 g/mol. The molecule has 1 aliphatic rings. The lowest BCUT2D eigenvalue weighted by Crippen LogP contribution is -2.33. The lowest BCUT2D eigenvalue weighted by molar-refractivity contribution is -0.197. The van der Waals surface area contributed by atoms with Gasteiger partial charge in [-0.25, -0.2) is 4.79 Å². The van der Waals surface area contributed by atoms with E-state index in [1.54, 1.807) is 0 Å². The third-order valence-electron chi connectivity index (χ3n) is 1.70. The zero-order valence-corrected chi connectivity index (χ0v) is 9.81. The second kappa shape index (κ2) is 4.72. The molecule has 1 aliphatic heterocycles. The molecular weight excluding hydrogens is 301 g/mol. The van der Waals surface area contributed by atoms with E-state index in [0.717, 1.165) is 0 Å². The maximum absolute atomic E-state index is 11.3. The topological polar surface area (TPSA) is 63.7 Å². The number of nitrogens with zero attached hydrogens (tertiary/aromatic N) is 1. The molecular formula is C8H10INO4. The number of hydroxylamine groups is 2. The second-order valence-corrected chi connectivity index (χ2v) is 4.41. The van der Waals surface area contributed by atoms with E-state index < -0.39 is 21.7 Å². The first kappa shape index (κ1) is 11.4. The van der Waals surface area contributed by atoms with Gasteiger partial charge in [-0.15, -0.1) is 5.06 Å². The molecule has 0 spiro atoms. The van der Waals surface area contributed by atoms with E-state index in [2.05, 4.69) is 4.84 Å². The summed E-state index contributed by atoms with van der Waals surface area (Å²) in [7, 11) is 0. The summed E-state index contributed by atoms with van der Waals surface area (Å²) in [5.74, 6) is -1.43. The van der Waals surface area contributed by atoms with Gasteiger partial charge in [-0.1, -0.05) is 29.5 Å². The summed E-state index contributed by atoms with van der Waals surface area (Å²) < 4.78 is -0.408. The number of carbonyl (C=O) groups is 3. The number of hydrogen-bond donors (Lipinski definition) is 0. The van der Waals surface area contributed by atoms with Crippen LogP contribution in [0.25, 0.3) is 0 Å². The molecule has 0 aromatic rings. The number of imide groups is 1. The van der Waals surface area contributed by atoms with Gasteiger partial charge in [-0.2, -0.15) is 0 Å². The van der Waals surface area contributed by atoms with Crippen LogP contribution in [0, 0.1) is 0 Å². The first-order valence-corrected chi connectivity index (χ1v) is 5.52. The Labute approximate surface area is 94.9 Å². The van der Waals surface area contributed by atoms with E-state index in [9.17, 15) is 14.4 Å². The molecule has 5 nitrogen and oxygen atoms in total. The predicted molar refractivity (Wildman–Crippen MR) is 55.3 cm³/mol. The van der Waals surface area contributed by atoms with Gasteiger partial charge in [0.05, 0.1) is 6.42 Å². The molecule has 1 atom stereocenters. The fraction of sp³-hybridized carbons (Fsp3) is 0.625.